The number of anilines is 1. The number of aryl methyl sites for hydroxylation is 2. The summed E-state index contributed by atoms with van der Waals surface area (Å²) in [6.45, 7) is 9.93. The van der Waals surface area contributed by atoms with Crippen molar-refractivity contribution < 1.29 is 32.7 Å². The molecule has 6 rings (SSSR count). The van der Waals surface area contributed by atoms with Crippen molar-refractivity contribution in [3.05, 3.63) is 82.5 Å². The van der Waals surface area contributed by atoms with Crippen LogP contribution in [0.25, 0.3) is 0 Å². The Balaban J connectivity index is 1.42. The number of aromatic nitrogens is 2. The number of nitrogens with one attached hydrogen (secondary N) is 1. The molecule has 7 atom stereocenters. The Morgan fingerprint density at radius 3 is 2.69 bits per heavy atom. The van der Waals surface area contributed by atoms with Crippen molar-refractivity contribution in [2.75, 3.05) is 38.9 Å². The number of fused-ring (bicyclic) bond motifs is 2. The van der Waals surface area contributed by atoms with Gasteiger partial charge in [0.05, 0.1) is 36.9 Å². The maximum Gasteiger partial charge on any atom is 0.286 e. The first-order valence-corrected chi connectivity index (χ1v) is 20.7. The molecule has 2 aromatic carbocycles. The number of methoxy groups -OCH3 is 2. The van der Waals surface area contributed by atoms with Crippen molar-refractivity contribution in [1.29, 1.82) is 0 Å². The highest BCUT2D eigenvalue weighted by Gasteiger charge is 2.40. The molecule has 2 amide bonds. The van der Waals surface area contributed by atoms with Gasteiger partial charge in [0.25, 0.3) is 11.8 Å². The van der Waals surface area contributed by atoms with Gasteiger partial charge in [0.2, 0.25) is 5.88 Å². The molecule has 1 aromatic heterocycles. The molecule has 54 heavy (non-hydrogen) atoms. The molecule has 12 nitrogen and oxygen atoms in total. The monoisotopic (exact) mass is 781 g/mol. The Labute approximate surface area is 323 Å². The van der Waals surface area contributed by atoms with Crippen LogP contribution >= 0.6 is 11.6 Å². The summed E-state index contributed by atoms with van der Waals surface area (Å²) in [5.74, 6) is -0.315. The molecule has 0 spiro atoms. The molecule has 1 saturated carbocycles. The second kappa shape index (κ2) is 17.3. The van der Waals surface area contributed by atoms with Crippen LogP contribution in [0.5, 0.6) is 11.6 Å². The van der Waals surface area contributed by atoms with Gasteiger partial charge >= 0.3 is 0 Å². The summed E-state index contributed by atoms with van der Waals surface area (Å²) in [4.78, 5) is 30.4. The summed E-state index contributed by atoms with van der Waals surface area (Å²) >= 11 is 6.48. The lowest BCUT2D eigenvalue weighted by Crippen LogP contribution is -2.48. The van der Waals surface area contributed by atoms with Crippen LogP contribution in [0.4, 0.5) is 5.69 Å². The van der Waals surface area contributed by atoms with Gasteiger partial charge in [0.1, 0.15) is 21.2 Å². The average Bonchev–Trinajstić information content (AvgIpc) is 3.52. The van der Waals surface area contributed by atoms with E-state index in [1.54, 1.807) is 38.4 Å². The second-order valence-electron chi connectivity index (χ2n) is 14.6. The van der Waals surface area contributed by atoms with Gasteiger partial charge in [-0.3, -0.25) is 19.0 Å². The van der Waals surface area contributed by atoms with Crippen LogP contribution in [-0.4, -0.2) is 77.2 Å². The first-order valence-electron chi connectivity index (χ1n) is 18.7. The molecular formula is C40H52ClN5O7S. The third kappa shape index (κ3) is 8.64. The Morgan fingerprint density at radius 2 is 1.96 bits per heavy atom. The van der Waals surface area contributed by atoms with Gasteiger partial charge in [-0.1, -0.05) is 30.7 Å². The van der Waals surface area contributed by atoms with Crippen LogP contribution in [0.3, 0.4) is 0 Å². The molecule has 1 N–H and O–H groups in total. The minimum atomic E-state index is -3.75. The highest BCUT2D eigenvalue weighted by atomic mass is 35.5. The number of carbonyl (C=O) groups is 2. The van der Waals surface area contributed by atoms with Crippen molar-refractivity contribution in [2.24, 2.45) is 29.2 Å². The van der Waals surface area contributed by atoms with E-state index in [4.69, 9.17) is 30.5 Å². The van der Waals surface area contributed by atoms with Gasteiger partial charge in [-0.2, -0.15) is 0 Å². The minimum absolute atomic E-state index is 0.0637. The SMILES string of the molecule is C=C[C@@H]1OCC[C@@H](S(=O)(=NC(=O)c2ccc3c(c2)N(C[C@@H]2CC[C@H]2[C@H](C)OC)Cc2ccc(Cl)cc2CCCCO3)NC(=O)c2cn(C)nc2OC)[C@H]1C. The maximum absolute atomic E-state index is 15.1. The van der Waals surface area contributed by atoms with Gasteiger partial charge in [-0.15, -0.1) is 16.0 Å². The zero-order chi connectivity index (χ0) is 38.6. The first-order chi connectivity index (χ1) is 25.9. The van der Waals surface area contributed by atoms with E-state index < -0.39 is 33.1 Å². The van der Waals surface area contributed by atoms with Gasteiger partial charge in [-0.25, -0.2) is 4.21 Å². The van der Waals surface area contributed by atoms with E-state index in [1.807, 2.05) is 19.1 Å². The number of benzene rings is 2. The molecule has 0 radical (unpaired) electrons. The maximum atomic E-state index is 15.1. The largest absolute Gasteiger partial charge is 0.491 e. The molecule has 1 aliphatic carbocycles. The Kier molecular flexibility index (Phi) is 12.7. The summed E-state index contributed by atoms with van der Waals surface area (Å²) in [7, 11) is 1.05. The fraction of sp³-hybridized carbons (Fsp3) is 0.525. The third-order valence-electron chi connectivity index (χ3n) is 11.2. The quantitative estimate of drug-likeness (QED) is 0.221. The highest BCUT2D eigenvalue weighted by Crippen LogP contribution is 2.41. The van der Waals surface area contributed by atoms with Crippen LogP contribution in [0, 0.1) is 17.8 Å². The smallest absolute Gasteiger partial charge is 0.286 e. The number of hydrogen-bond donors (Lipinski definition) is 1. The summed E-state index contributed by atoms with van der Waals surface area (Å²) in [6.07, 6.45) is 7.91. The number of nitrogens with zero attached hydrogens (tertiary/aromatic N) is 4. The highest BCUT2D eigenvalue weighted by molar-refractivity contribution is 7.93. The number of rotatable bonds is 10. The zero-order valence-electron chi connectivity index (χ0n) is 31.8. The molecule has 0 bridgehead atoms. The standard InChI is InChI=1S/C40H52ClN5O7S/c1-7-35-25(2)37(17-19-53-35)54(49,44-39(48)33-24-45(4)42-40(33)51-6)43-38(47)28-13-16-36-34(21-28)46(23-30-12-15-32(30)26(3)50-5)22-29-11-14-31(41)20-27(29)10-8-9-18-52-36/h7,11,13-14,16,20-21,24-26,30,32,35,37H,1,8-10,12,15,17-19,22-23H2,2-6H3,(H,43,44,47,48,49)/t25-,26-,30-,32-,35-,37+,54?/m0/s1. The Hall–Kier alpha value is -3.91. The first kappa shape index (κ1) is 39.8. The zero-order valence-corrected chi connectivity index (χ0v) is 33.4. The molecular weight excluding hydrogens is 730 g/mol. The molecule has 2 fully saturated rings. The number of carbonyl (C=O) groups excluding carboxylic acids is 2. The molecule has 3 aromatic rings. The number of halogens is 1. The molecule has 2 aliphatic heterocycles. The van der Waals surface area contributed by atoms with E-state index in [0.717, 1.165) is 43.4 Å². The van der Waals surface area contributed by atoms with Gasteiger partial charge < -0.3 is 23.8 Å². The van der Waals surface area contributed by atoms with E-state index in [2.05, 4.69) is 38.7 Å². The van der Waals surface area contributed by atoms with Gasteiger partial charge in [0, 0.05) is 56.6 Å². The Bertz CT molecular complexity index is 1980. The van der Waals surface area contributed by atoms with Crippen molar-refractivity contribution in [1.82, 2.24) is 14.5 Å². The number of ether oxygens (including phenoxy) is 4. The van der Waals surface area contributed by atoms with Crippen LogP contribution in [0.1, 0.15) is 77.8 Å². The van der Waals surface area contributed by atoms with Crippen molar-refractivity contribution in [3.8, 4) is 11.6 Å². The number of hydrogen-bond acceptors (Lipinski definition) is 9. The average molecular weight is 782 g/mol. The van der Waals surface area contributed by atoms with Gasteiger partial charge in [-0.05, 0) is 98.7 Å². The topological polar surface area (TPSA) is 134 Å². The van der Waals surface area contributed by atoms with E-state index in [1.165, 1.54) is 23.6 Å². The second-order valence-corrected chi connectivity index (χ2v) is 17.2. The number of amides is 2. The van der Waals surface area contributed by atoms with Crippen molar-refractivity contribution >= 4 is 39.0 Å². The predicted molar refractivity (Wildman–Crippen MR) is 210 cm³/mol. The fourth-order valence-electron chi connectivity index (χ4n) is 7.94. The van der Waals surface area contributed by atoms with Crippen molar-refractivity contribution in [3.63, 3.8) is 0 Å². The lowest BCUT2D eigenvalue weighted by Gasteiger charge is -2.43. The molecule has 14 heteroatoms. The summed E-state index contributed by atoms with van der Waals surface area (Å²) < 4.78 is 46.9. The molecule has 3 aliphatic rings. The predicted octanol–water partition coefficient (Wildman–Crippen LogP) is 6.80. The van der Waals surface area contributed by atoms with E-state index in [9.17, 15) is 9.59 Å². The van der Waals surface area contributed by atoms with Crippen LogP contribution in [-0.2, 0) is 39.4 Å². The van der Waals surface area contributed by atoms with E-state index in [-0.39, 0.29) is 35.6 Å². The van der Waals surface area contributed by atoms with Crippen LogP contribution in [0.2, 0.25) is 5.02 Å². The molecule has 3 heterocycles. The third-order valence-corrected chi connectivity index (χ3v) is 13.9. The lowest BCUT2D eigenvalue weighted by atomic mass is 9.70. The molecule has 292 valence electrons. The fourth-order valence-corrected chi connectivity index (χ4v) is 10.3. The Morgan fingerprint density at radius 1 is 1.15 bits per heavy atom. The van der Waals surface area contributed by atoms with E-state index >= 15 is 4.21 Å². The lowest BCUT2D eigenvalue weighted by molar-refractivity contribution is -0.00421. The molecule has 1 unspecified atom stereocenters. The van der Waals surface area contributed by atoms with E-state index in [0.29, 0.717) is 48.7 Å². The van der Waals surface area contributed by atoms with Crippen LogP contribution < -0.4 is 19.1 Å². The molecule has 1 saturated heterocycles. The summed E-state index contributed by atoms with van der Waals surface area (Å²) in [5, 5.41) is 4.15. The summed E-state index contributed by atoms with van der Waals surface area (Å²) in [5.41, 5.74) is 3.40. The van der Waals surface area contributed by atoms with Gasteiger partial charge in [0.15, 0.2) is 0 Å². The normalized spacial score (nSPS) is 24.6. The minimum Gasteiger partial charge on any atom is -0.491 e. The summed E-state index contributed by atoms with van der Waals surface area (Å²) in [6, 6.07) is 11.3. The van der Waals surface area contributed by atoms with Crippen molar-refractivity contribution in [2.45, 2.75) is 76.4 Å². The van der Waals surface area contributed by atoms with Crippen LogP contribution in [0.15, 0.2) is 59.6 Å².